The molecule has 0 bridgehead atoms. The maximum absolute atomic E-state index is 11.2. The van der Waals surface area contributed by atoms with Gasteiger partial charge in [0.2, 0.25) is 0 Å². The van der Waals surface area contributed by atoms with Crippen LogP contribution in [0.3, 0.4) is 0 Å². The number of hydrogen-bond acceptors (Lipinski definition) is 3. The van der Waals surface area contributed by atoms with E-state index in [4.69, 9.17) is 0 Å². The van der Waals surface area contributed by atoms with Gasteiger partial charge in [0.15, 0.2) is 0 Å². The largest absolute Gasteiger partial charge is 0.468 e. The number of carbonyl (C=O) groups excluding carboxylic acids is 1. The van der Waals surface area contributed by atoms with Crippen molar-refractivity contribution in [1.29, 1.82) is 0 Å². The molecule has 2 nitrogen and oxygen atoms in total. The van der Waals surface area contributed by atoms with Crippen molar-refractivity contribution in [3.8, 4) is 0 Å². The van der Waals surface area contributed by atoms with Crippen LogP contribution in [0.15, 0.2) is 18.2 Å². The number of alkyl halides is 1. The smallest absolute Gasteiger partial charge is 0.320 e. The molecule has 0 radical (unpaired) electrons. The first-order valence-corrected chi connectivity index (χ1v) is 7.46. The Bertz CT molecular complexity index is 373. The highest BCUT2D eigenvalue weighted by Crippen LogP contribution is 2.19. The molecule has 1 aromatic rings. The van der Waals surface area contributed by atoms with Crippen LogP contribution in [0, 0.1) is 13.8 Å². The molecule has 1 atom stereocenters. The molecule has 0 saturated carbocycles. The molecule has 0 aliphatic heterocycles. The lowest BCUT2D eigenvalue weighted by Gasteiger charge is -2.08. The monoisotopic (exact) mass is 316 g/mol. The molecule has 0 aliphatic carbocycles. The molecule has 1 aromatic carbocycles. The number of aryl methyl sites for hydroxylation is 2. The fourth-order valence-corrected chi connectivity index (χ4v) is 3.24. The zero-order valence-electron chi connectivity index (χ0n) is 10.3. The summed E-state index contributed by atoms with van der Waals surface area (Å²) in [6, 6.07) is 6.53. The van der Waals surface area contributed by atoms with Gasteiger partial charge in [-0.1, -0.05) is 45.3 Å². The van der Waals surface area contributed by atoms with E-state index in [-0.39, 0.29) is 10.8 Å². The van der Waals surface area contributed by atoms with Crippen LogP contribution in [0.1, 0.15) is 16.7 Å². The van der Waals surface area contributed by atoms with Gasteiger partial charge in [0.25, 0.3) is 0 Å². The summed E-state index contributed by atoms with van der Waals surface area (Å²) in [5.74, 6) is 1.43. The zero-order chi connectivity index (χ0) is 12.8. The number of esters is 1. The Kier molecular flexibility index (Phi) is 6.06. The van der Waals surface area contributed by atoms with Crippen molar-refractivity contribution >= 4 is 33.7 Å². The fraction of sp³-hybridized carbons (Fsp3) is 0.462. The Labute approximate surface area is 115 Å². The van der Waals surface area contributed by atoms with Crippen molar-refractivity contribution in [1.82, 2.24) is 0 Å². The molecule has 0 saturated heterocycles. The molecular formula is C13H17BrO2S. The van der Waals surface area contributed by atoms with Crippen molar-refractivity contribution in [2.45, 2.75) is 24.4 Å². The first kappa shape index (κ1) is 14.6. The molecule has 0 amide bonds. The van der Waals surface area contributed by atoms with Crippen molar-refractivity contribution in [3.05, 3.63) is 34.9 Å². The van der Waals surface area contributed by atoms with Crippen LogP contribution in [0.2, 0.25) is 0 Å². The van der Waals surface area contributed by atoms with Crippen molar-refractivity contribution < 1.29 is 9.53 Å². The Morgan fingerprint density at radius 1 is 1.35 bits per heavy atom. The van der Waals surface area contributed by atoms with Crippen LogP contribution in [0.5, 0.6) is 0 Å². The third kappa shape index (κ3) is 5.13. The molecule has 1 unspecified atom stereocenters. The highest BCUT2D eigenvalue weighted by Gasteiger charge is 2.14. The van der Waals surface area contributed by atoms with Gasteiger partial charge in [0, 0.05) is 11.5 Å². The van der Waals surface area contributed by atoms with Gasteiger partial charge in [-0.05, 0) is 19.4 Å². The summed E-state index contributed by atoms with van der Waals surface area (Å²) in [4.78, 5) is 11.0. The molecule has 0 aliphatic rings. The lowest BCUT2D eigenvalue weighted by atomic mass is 10.1. The van der Waals surface area contributed by atoms with E-state index in [0.717, 1.165) is 11.5 Å². The van der Waals surface area contributed by atoms with Gasteiger partial charge in [0.1, 0.15) is 4.83 Å². The first-order chi connectivity index (χ1) is 8.02. The number of hydrogen-bond donors (Lipinski definition) is 0. The van der Waals surface area contributed by atoms with E-state index in [9.17, 15) is 4.79 Å². The Balaban J connectivity index is 2.43. The van der Waals surface area contributed by atoms with Crippen molar-refractivity contribution in [2.75, 3.05) is 12.9 Å². The van der Waals surface area contributed by atoms with E-state index in [0.29, 0.717) is 0 Å². The highest BCUT2D eigenvalue weighted by atomic mass is 79.9. The SMILES string of the molecule is COC(=O)C(Br)CSCc1cc(C)cc(C)c1. The maximum atomic E-state index is 11.2. The number of benzene rings is 1. The Morgan fingerprint density at radius 2 is 1.94 bits per heavy atom. The van der Waals surface area contributed by atoms with E-state index in [1.54, 1.807) is 11.8 Å². The predicted octanol–water partition coefficient (Wildman–Crippen LogP) is 3.47. The number of ether oxygens (including phenoxy) is 1. The zero-order valence-corrected chi connectivity index (χ0v) is 12.7. The molecule has 1 rings (SSSR count). The van der Waals surface area contributed by atoms with Crippen LogP contribution < -0.4 is 0 Å². The summed E-state index contributed by atoms with van der Waals surface area (Å²) in [7, 11) is 1.41. The number of halogens is 1. The van der Waals surface area contributed by atoms with E-state index >= 15 is 0 Å². The second kappa shape index (κ2) is 7.07. The van der Waals surface area contributed by atoms with Gasteiger partial charge in [0.05, 0.1) is 7.11 Å². The third-order valence-electron chi connectivity index (χ3n) is 2.27. The molecule has 0 heterocycles. The Morgan fingerprint density at radius 3 is 2.47 bits per heavy atom. The average Bonchev–Trinajstić information content (AvgIpc) is 2.26. The molecule has 0 N–H and O–H groups in total. The maximum Gasteiger partial charge on any atom is 0.320 e. The van der Waals surface area contributed by atoms with E-state index in [1.807, 2.05) is 0 Å². The summed E-state index contributed by atoms with van der Waals surface area (Å²) >= 11 is 5.04. The summed E-state index contributed by atoms with van der Waals surface area (Å²) in [6.07, 6.45) is 0. The fourth-order valence-electron chi connectivity index (χ4n) is 1.63. The summed E-state index contributed by atoms with van der Waals surface area (Å²) in [5.41, 5.74) is 3.87. The molecule has 0 aromatic heterocycles. The molecule has 4 heteroatoms. The summed E-state index contributed by atoms with van der Waals surface area (Å²) in [6.45, 7) is 4.20. The quantitative estimate of drug-likeness (QED) is 0.614. The van der Waals surface area contributed by atoms with Gasteiger partial charge < -0.3 is 4.74 Å². The Hall–Kier alpha value is -0.480. The predicted molar refractivity (Wildman–Crippen MR) is 76.8 cm³/mol. The van der Waals surface area contributed by atoms with Gasteiger partial charge in [-0.25, -0.2) is 0 Å². The van der Waals surface area contributed by atoms with Crippen LogP contribution >= 0.6 is 27.7 Å². The van der Waals surface area contributed by atoms with E-state index in [2.05, 4.69) is 52.7 Å². The summed E-state index contributed by atoms with van der Waals surface area (Å²) in [5, 5.41) is 0. The highest BCUT2D eigenvalue weighted by molar-refractivity contribution is 9.10. The van der Waals surface area contributed by atoms with E-state index in [1.165, 1.54) is 23.8 Å². The minimum Gasteiger partial charge on any atom is -0.468 e. The second-order valence-electron chi connectivity index (χ2n) is 4.00. The number of rotatable bonds is 5. The van der Waals surface area contributed by atoms with Crippen molar-refractivity contribution in [2.24, 2.45) is 0 Å². The van der Waals surface area contributed by atoms with Crippen LogP contribution in [-0.2, 0) is 15.3 Å². The summed E-state index contributed by atoms with van der Waals surface area (Å²) < 4.78 is 4.65. The number of thioether (sulfide) groups is 1. The van der Waals surface area contributed by atoms with Crippen LogP contribution in [0.25, 0.3) is 0 Å². The van der Waals surface area contributed by atoms with Gasteiger partial charge in [-0.15, -0.1) is 0 Å². The first-order valence-electron chi connectivity index (χ1n) is 5.39. The van der Waals surface area contributed by atoms with Crippen molar-refractivity contribution in [3.63, 3.8) is 0 Å². The molecular weight excluding hydrogens is 300 g/mol. The lowest BCUT2D eigenvalue weighted by Crippen LogP contribution is -2.17. The topological polar surface area (TPSA) is 26.3 Å². The number of methoxy groups -OCH3 is 1. The van der Waals surface area contributed by atoms with Gasteiger partial charge in [-0.3, -0.25) is 4.79 Å². The van der Waals surface area contributed by atoms with Gasteiger partial charge >= 0.3 is 5.97 Å². The minimum absolute atomic E-state index is 0.210. The lowest BCUT2D eigenvalue weighted by molar-refractivity contribution is -0.139. The molecule has 94 valence electrons. The van der Waals surface area contributed by atoms with E-state index < -0.39 is 0 Å². The molecule has 17 heavy (non-hydrogen) atoms. The molecule has 0 fully saturated rings. The minimum atomic E-state index is -0.219. The van der Waals surface area contributed by atoms with Gasteiger partial charge in [-0.2, -0.15) is 11.8 Å². The standard InChI is InChI=1S/C13H17BrO2S/c1-9-4-10(2)6-11(5-9)7-17-8-12(14)13(15)16-3/h4-6,12H,7-8H2,1-3H3. The van der Waals surface area contributed by atoms with Crippen LogP contribution in [-0.4, -0.2) is 23.7 Å². The molecule has 0 spiro atoms. The number of carbonyl (C=O) groups is 1. The van der Waals surface area contributed by atoms with Crippen LogP contribution in [0.4, 0.5) is 0 Å². The second-order valence-corrected chi connectivity index (χ2v) is 6.14. The normalized spacial score (nSPS) is 12.2. The third-order valence-corrected chi connectivity index (χ3v) is 4.50. The average molecular weight is 317 g/mol.